The molecule has 0 atom stereocenters. The van der Waals surface area contributed by atoms with Crippen LogP contribution in [0.5, 0.6) is 0 Å². The van der Waals surface area contributed by atoms with Crippen molar-refractivity contribution in [2.45, 2.75) is 26.3 Å². The molecule has 0 radical (unpaired) electrons. The molecule has 0 unspecified atom stereocenters. The quantitative estimate of drug-likeness (QED) is 0.818. The summed E-state index contributed by atoms with van der Waals surface area (Å²) in [6.07, 6.45) is 1.07. The highest BCUT2D eigenvalue weighted by atomic mass is 79.9. The molecule has 0 aliphatic rings. The molecular weight excluding hydrogens is 290 g/mol. The van der Waals surface area contributed by atoms with Gasteiger partial charge in [-0.25, -0.2) is 0 Å². The molecule has 1 aromatic rings. The Labute approximate surface area is 118 Å². The van der Waals surface area contributed by atoms with Crippen molar-refractivity contribution >= 4 is 21.6 Å². The van der Waals surface area contributed by atoms with Gasteiger partial charge in [0.05, 0.1) is 11.3 Å². The minimum atomic E-state index is 0.576. The van der Waals surface area contributed by atoms with E-state index >= 15 is 0 Å². The predicted molar refractivity (Wildman–Crippen MR) is 79.7 cm³/mol. The van der Waals surface area contributed by atoms with Gasteiger partial charge in [-0.3, -0.25) is 0 Å². The molecule has 18 heavy (non-hydrogen) atoms. The second-order valence-corrected chi connectivity index (χ2v) is 5.57. The van der Waals surface area contributed by atoms with E-state index in [2.05, 4.69) is 53.1 Å². The Morgan fingerprint density at radius 1 is 1.44 bits per heavy atom. The largest absolute Gasteiger partial charge is 0.384 e. The van der Waals surface area contributed by atoms with E-state index < -0.39 is 0 Å². The topological polar surface area (TPSA) is 39.1 Å². The van der Waals surface area contributed by atoms with Gasteiger partial charge in [0.1, 0.15) is 6.07 Å². The Balaban J connectivity index is 2.43. The van der Waals surface area contributed by atoms with Crippen molar-refractivity contribution in [3.05, 3.63) is 28.2 Å². The fourth-order valence-corrected chi connectivity index (χ4v) is 1.93. The number of nitriles is 1. The Morgan fingerprint density at radius 3 is 2.78 bits per heavy atom. The maximum atomic E-state index is 9.04. The number of nitrogens with one attached hydrogen (secondary N) is 1. The van der Waals surface area contributed by atoms with Crippen molar-refractivity contribution in [2.24, 2.45) is 0 Å². The monoisotopic (exact) mass is 309 g/mol. The highest BCUT2D eigenvalue weighted by molar-refractivity contribution is 9.10. The second kappa shape index (κ2) is 7.40. The van der Waals surface area contributed by atoms with Crippen molar-refractivity contribution in [3.8, 4) is 6.07 Å². The molecular formula is C14H20BrN3. The molecule has 0 saturated heterocycles. The van der Waals surface area contributed by atoms with Crippen LogP contribution in [-0.4, -0.2) is 31.1 Å². The summed E-state index contributed by atoms with van der Waals surface area (Å²) in [5.74, 6) is 0. The van der Waals surface area contributed by atoms with E-state index in [9.17, 15) is 0 Å². The molecule has 1 N–H and O–H groups in total. The number of nitrogens with zero attached hydrogens (tertiary/aromatic N) is 2. The van der Waals surface area contributed by atoms with Crippen LogP contribution >= 0.6 is 15.9 Å². The molecule has 0 heterocycles. The van der Waals surface area contributed by atoms with Gasteiger partial charge in [-0.1, -0.05) is 15.9 Å². The summed E-state index contributed by atoms with van der Waals surface area (Å²) in [6.45, 7) is 6.32. The van der Waals surface area contributed by atoms with Gasteiger partial charge in [0.25, 0.3) is 0 Å². The highest BCUT2D eigenvalue weighted by Crippen LogP contribution is 2.20. The molecule has 0 aromatic heterocycles. The van der Waals surface area contributed by atoms with Gasteiger partial charge in [0.2, 0.25) is 0 Å². The molecule has 98 valence electrons. The number of hydrogen-bond donors (Lipinski definition) is 1. The van der Waals surface area contributed by atoms with Gasteiger partial charge >= 0.3 is 0 Å². The molecule has 0 aliphatic carbocycles. The lowest BCUT2D eigenvalue weighted by molar-refractivity contribution is 0.273. The summed E-state index contributed by atoms with van der Waals surface area (Å²) >= 11 is 3.37. The van der Waals surface area contributed by atoms with Gasteiger partial charge in [-0.2, -0.15) is 5.26 Å². The van der Waals surface area contributed by atoms with E-state index in [4.69, 9.17) is 5.26 Å². The van der Waals surface area contributed by atoms with Gasteiger partial charge in [0.15, 0.2) is 0 Å². The molecule has 0 spiro atoms. The summed E-state index contributed by atoms with van der Waals surface area (Å²) < 4.78 is 0.934. The second-order valence-electron chi connectivity index (χ2n) is 4.66. The van der Waals surface area contributed by atoms with Crippen molar-refractivity contribution in [2.75, 3.05) is 25.5 Å². The molecule has 0 amide bonds. The van der Waals surface area contributed by atoms with E-state index in [1.165, 1.54) is 0 Å². The lowest BCUT2D eigenvalue weighted by atomic mass is 10.2. The van der Waals surface area contributed by atoms with Crippen molar-refractivity contribution < 1.29 is 0 Å². The van der Waals surface area contributed by atoms with Crippen LogP contribution in [0.4, 0.5) is 5.69 Å². The van der Waals surface area contributed by atoms with Crippen LogP contribution in [-0.2, 0) is 0 Å². The highest BCUT2D eigenvalue weighted by Gasteiger charge is 2.04. The molecule has 3 nitrogen and oxygen atoms in total. The zero-order valence-corrected chi connectivity index (χ0v) is 12.8. The third kappa shape index (κ3) is 4.67. The number of rotatable bonds is 6. The maximum Gasteiger partial charge on any atom is 0.101 e. The normalized spacial score (nSPS) is 10.7. The number of benzene rings is 1. The predicted octanol–water partition coefficient (Wildman–Crippen LogP) is 3.46. The average Bonchev–Trinajstić information content (AvgIpc) is 2.35. The summed E-state index contributed by atoms with van der Waals surface area (Å²) in [7, 11) is 2.13. The van der Waals surface area contributed by atoms with Gasteiger partial charge in [0, 0.05) is 17.1 Å². The van der Waals surface area contributed by atoms with E-state index in [-0.39, 0.29) is 0 Å². The zero-order chi connectivity index (χ0) is 13.5. The van der Waals surface area contributed by atoms with Crippen molar-refractivity contribution in [1.29, 1.82) is 5.26 Å². The first-order valence-electron chi connectivity index (χ1n) is 6.18. The fraction of sp³-hybridized carbons (Fsp3) is 0.500. The third-order valence-corrected chi connectivity index (χ3v) is 3.48. The minimum Gasteiger partial charge on any atom is -0.384 e. The Bertz CT molecular complexity index is 424. The van der Waals surface area contributed by atoms with E-state index in [1.807, 2.05) is 18.2 Å². The van der Waals surface area contributed by atoms with Crippen LogP contribution in [0.3, 0.4) is 0 Å². The summed E-state index contributed by atoms with van der Waals surface area (Å²) in [4.78, 5) is 2.31. The van der Waals surface area contributed by atoms with Crippen LogP contribution in [0.2, 0.25) is 0 Å². The van der Waals surface area contributed by atoms with E-state index in [1.54, 1.807) is 0 Å². The molecule has 4 heteroatoms. The minimum absolute atomic E-state index is 0.576. The number of halogens is 1. The molecule has 1 aromatic carbocycles. The summed E-state index contributed by atoms with van der Waals surface area (Å²) in [5.41, 5.74) is 1.59. The number of anilines is 1. The first-order chi connectivity index (χ1) is 8.54. The lowest BCUT2D eigenvalue weighted by Gasteiger charge is -2.21. The van der Waals surface area contributed by atoms with Crippen LogP contribution < -0.4 is 5.32 Å². The first-order valence-corrected chi connectivity index (χ1v) is 6.97. The van der Waals surface area contributed by atoms with Crippen LogP contribution in [0, 0.1) is 11.3 Å². The standard InChI is InChI=1S/C14H20BrN3/c1-11(2)18(3)8-4-7-17-14-6-5-13(15)9-12(14)10-16/h5-6,9,11,17H,4,7-8H2,1-3H3. The summed E-state index contributed by atoms with van der Waals surface area (Å²) in [5, 5.41) is 12.4. The molecule has 0 saturated carbocycles. The van der Waals surface area contributed by atoms with E-state index in [0.29, 0.717) is 11.6 Å². The zero-order valence-electron chi connectivity index (χ0n) is 11.2. The maximum absolute atomic E-state index is 9.04. The van der Waals surface area contributed by atoms with E-state index in [0.717, 1.165) is 29.7 Å². The third-order valence-electron chi connectivity index (χ3n) is 2.99. The fourth-order valence-electron chi connectivity index (χ4n) is 1.57. The first kappa shape index (κ1) is 15.0. The van der Waals surface area contributed by atoms with Crippen molar-refractivity contribution in [1.82, 2.24) is 4.90 Å². The van der Waals surface area contributed by atoms with Gasteiger partial charge < -0.3 is 10.2 Å². The van der Waals surface area contributed by atoms with Gasteiger partial charge in [-0.05, 0) is 52.1 Å². The van der Waals surface area contributed by atoms with Crippen molar-refractivity contribution in [3.63, 3.8) is 0 Å². The van der Waals surface area contributed by atoms with Crippen LogP contribution in [0.25, 0.3) is 0 Å². The number of hydrogen-bond acceptors (Lipinski definition) is 3. The smallest absolute Gasteiger partial charge is 0.101 e. The van der Waals surface area contributed by atoms with Crippen LogP contribution in [0.15, 0.2) is 22.7 Å². The molecule has 1 rings (SSSR count). The average molecular weight is 310 g/mol. The Kier molecular flexibility index (Phi) is 6.17. The van der Waals surface area contributed by atoms with Gasteiger partial charge in [-0.15, -0.1) is 0 Å². The SMILES string of the molecule is CC(C)N(C)CCCNc1ccc(Br)cc1C#N. The Morgan fingerprint density at radius 2 is 2.17 bits per heavy atom. The molecule has 0 bridgehead atoms. The lowest BCUT2D eigenvalue weighted by Crippen LogP contribution is -2.28. The molecule has 0 aliphatic heterocycles. The van der Waals surface area contributed by atoms with Crippen LogP contribution in [0.1, 0.15) is 25.8 Å². The Hall–Kier alpha value is -1.05. The summed E-state index contributed by atoms with van der Waals surface area (Å²) in [6, 6.07) is 8.50. The molecule has 0 fully saturated rings.